The Kier molecular flexibility index (Phi) is 5.10. The molecular weight excluding hydrogens is 243 g/mol. The lowest BCUT2D eigenvalue weighted by atomic mass is 9.93. The second-order valence-corrected chi connectivity index (χ2v) is 6.29. The van der Waals surface area contributed by atoms with Gasteiger partial charge in [-0.05, 0) is 24.0 Å². The van der Waals surface area contributed by atoms with Gasteiger partial charge in [0, 0.05) is 5.92 Å². The number of ether oxygens (including phenoxy) is 1. The van der Waals surface area contributed by atoms with Crippen LogP contribution in [0.25, 0.3) is 0 Å². The van der Waals surface area contributed by atoms with E-state index < -0.39 is 5.82 Å². The lowest BCUT2D eigenvalue weighted by Crippen LogP contribution is -2.15. The minimum absolute atomic E-state index is 0.0884. The highest BCUT2D eigenvalue weighted by Gasteiger charge is 2.19. The van der Waals surface area contributed by atoms with Crippen molar-refractivity contribution in [2.75, 3.05) is 6.61 Å². The quantitative estimate of drug-likeness (QED) is 0.734. The fourth-order valence-corrected chi connectivity index (χ4v) is 1.62. The van der Waals surface area contributed by atoms with E-state index in [4.69, 9.17) is 4.74 Å². The number of para-hydroxylation sites is 1. The standard InChI is InChI=1S/C16H23FO2/c1-11(2)14(18)12-7-6-8-13(17)15(12)19-10-9-16(3,4)5/h6-8,11H,9-10H2,1-5H3. The van der Waals surface area contributed by atoms with E-state index in [0.29, 0.717) is 12.2 Å². The molecule has 1 aromatic rings. The number of ketones is 1. The first-order valence-corrected chi connectivity index (χ1v) is 6.68. The molecule has 0 bridgehead atoms. The maximum absolute atomic E-state index is 13.8. The average Bonchev–Trinajstić information content (AvgIpc) is 2.28. The van der Waals surface area contributed by atoms with Crippen LogP contribution in [0.2, 0.25) is 0 Å². The molecule has 0 spiro atoms. The Morgan fingerprint density at radius 2 is 1.95 bits per heavy atom. The Balaban J connectivity index is 2.90. The van der Waals surface area contributed by atoms with Crippen LogP contribution in [-0.4, -0.2) is 12.4 Å². The molecule has 2 nitrogen and oxygen atoms in total. The predicted molar refractivity (Wildman–Crippen MR) is 75.1 cm³/mol. The van der Waals surface area contributed by atoms with E-state index in [0.717, 1.165) is 6.42 Å². The van der Waals surface area contributed by atoms with E-state index >= 15 is 0 Å². The number of hydrogen-bond acceptors (Lipinski definition) is 2. The summed E-state index contributed by atoms with van der Waals surface area (Å²) >= 11 is 0. The molecule has 0 aliphatic rings. The van der Waals surface area contributed by atoms with Gasteiger partial charge in [0.2, 0.25) is 0 Å². The van der Waals surface area contributed by atoms with Crippen LogP contribution in [0.15, 0.2) is 18.2 Å². The maximum Gasteiger partial charge on any atom is 0.169 e. The zero-order valence-corrected chi connectivity index (χ0v) is 12.4. The second kappa shape index (κ2) is 6.18. The van der Waals surface area contributed by atoms with Gasteiger partial charge >= 0.3 is 0 Å². The highest BCUT2D eigenvalue weighted by molar-refractivity contribution is 5.99. The zero-order valence-electron chi connectivity index (χ0n) is 12.4. The monoisotopic (exact) mass is 266 g/mol. The zero-order chi connectivity index (χ0) is 14.6. The van der Waals surface area contributed by atoms with Gasteiger partial charge in [0.05, 0.1) is 12.2 Å². The Hall–Kier alpha value is -1.38. The van der Waals surface area contributed by atoms with Gasteiger partial charge in [-0.25, -0.2) is 4.39 Å². The molecule has 0 N–H and O–H groups in total. The van der Waals surface area contributed by atoms with Gasteiger partial charge in [-0.1, -0.05) is 40.7 Å². The largest absolute Gasteiger partial charge is 0.490 e. The molecule has 0 aliphatic carbocycles. The summed E-state index contributed by atoms with van der Waals surface area (Å²) in [5.74, 6) is -0.650. The molecule has 106 valence electrons. The molecule has 0 aliphatic heterocycles. The summed E-state index contributed by atoms with van der Waals surface area (Å²) < 4.78 is 19.3. The van der Waals surface area contributed by atoms with Gasteiger partial charge in [-0.3, -0.25) is 4.79 Å². The summed E-state index contributed by atoms with van der Waals surface area (Å²) in [5, 5.41) is 0. The maximum atomic E-state index is 13.8. The van der Waals surface area contributed by atoms with Crippen molar-refractivity contribution in [3.63, 3.8) is 0 Å². The first-order chi connectivity index (χ1) is 8.72. The normalized spacial score (nSPS) is 11.7. The Labute approximate surface area is 115 Å². The summed E-state index contributed by atoms with van der Waals surface area (Å²) in [6.45, 7) is 10.3. The first kappa shape index (κ1) is 15.7. The number of halogens is 1. The van der Waals surface area contributed by atoms with E-state index in [9.17, 15) is 9.18 Å². The van der Waals surface area contributed by atoms with Crippen LogP contribution in [0.5, 0.6) is 5.75 Å². The van der Waals surface area contributed by atoms with E-state index in [1.165, 1.54) is 6.07 Å². The number of Topliss-reactive ketones (excluding diaryl/α,β-unsaturated/α-hetero) is 1. The summed E-state index contributed by atoms with van der Waals surface area (Å²) in [7, 11) is 0. The van der Waals surface area contributed by atoms with Crippen molar-refractivity contribution < 1.29 is 13.9 Å². The Bertz CT molecular complexity index is 445. The number of rotatable bonds is 5. The van der Waals surface area contributed by atoms with Crippen molar-refractivity contribution in [1.29, 1.82) is 0 Å². The van der Waals surface area contributed by atoms with Crippen molar-refractivity contribution in [1.82, 2.24) is 0 Å². The number of carbonyl (C=O) groups is 1. The topological polar surface area (TPSA) is 26.3 Å². The van der Waals surface area contributed by atoms with Gasteiger partial charge in [0.15, 0.2) is 17.3 Å². The van der Waals surface area contributed by atoms with Crippen LogP contribution in [-0.2, 0) is 0 Å². The number of benzene rings is 1. The van der Waals surface area contributed by atoms with Crippen LogP contribution in [0.1, 0.15) is 51.4 Å². The first-order valence-electron chi connectivity index (χ1n) is 6.68. The van der Waals surface area contributed by atoms with E-state index in [2.05, 4.69) is 20.8 Å². The van der Waals surface area contributed by atoms with Crippen molar-refractivity contribution >= 4 is 5.78 Å². The van der Waals surface area contributed by atoms with Gasteiger partial charge in [-0.2, -0.15) is 0 Å². The van der Waals surface area contributed by atoms with Crippen molar-refractivity contribution in [3.8, 4) is 5.75 Å². The third-order valence-electron chi connectivity index (χ3n) is 2.86. The van der Waals surface area contributed by atoms with E-state index in [1.807, 2.05) is 0 Å². The molecule has 1 rings (SSSR count). The molecule has 0 radical (unpaired) electrons. The van der Waals surface area contributed by atoms with Crippen LogP contribution in [0.4, 0.5) is 4.39 Å². The van der Waals surface area contributed by atoms with Crippen molar-refractivity contribution in [3.05, 3.63) is 29.6 Å². The molecule has 0 aromatic heterocycles. The smallest absolute Gasteiger partial charge is 0.169 e. The molecule has 0 atom stereocenters. The molecule has 19 heavy (non-hydrogen) atoms. The third kappa shape index (κ3) is 4.66. The van der Waals surface area contributed by atoms with Gasteiger partial charge in [-0.15, -0.1) is 0 Å². The SMILES string of the molecule is CC(C)C(=O)c1cccc(F)c1OCCC(C)(C)C. The Morgan fingerprint density at radius 3 is 2.47 bits per heavy atom. The highest BCUT2D eigenvalue weighted by Crippen LogP contribution is 2.27. The lowest BCUT2D eigenvalue weighted by molar-refractivity contribution is 0.0933. The fraction of sp³-hybridized carbons (Fsp3) is 0.562. The van der Waals surface area contributed by atoms with E-state index in [-0.39, 0.29) is 22.9 Å². The van der Waals surface area contributed by atoms with E-state index in [1.54, 1.807) is 26.0 Å². The fourth-order valence-electron chi connectivity index (χ4n) is 1.62. The van der Waals surface area contributed by atoms with Crippen LogP contribution >= 0.6 is 0 Å². The van der Waals surface area contributed by atoms with Crippen LogP contribution in [0, 0.1) is 17.2 Å². The average molecular weight is 266 g/mol. The number of carbonyl (C=O) groups excluding carboxylic acids is 1. The Morgan fingerprint density at radius 1 is 1.32 bits per heavy atom. The van der Waals surface area contributed by atoms with Crippen LogP contribution in [0.3, 0.4) is 0 Å². The van der Waals surface area contributed by atoms with Gasteiger partial charge < -0.3 is 4.74 Å². The van der Waals surface area contributed by atoms with Gasteiger partial charge in [0.1, 0.15) is 0 Å². The molecule has 0 saturated carbocycles. The molecular formula is C16H23FO2. The highest BCUT2D eigenvalue weighted by atomic mass is 19.1. The summed E-state index contributed by atoms with van der Waals surface area (Å²) in [6, 6.07) is 4.49. The third-order valence-corrected chi connectivity index (χ3v) is 2.86. The van der Waals surface area contributed by atoms with Crippen molar-refractivity contribution in [2.24, 2.45) is 11.3 Å². The predicted octanol–water partition coefficient (Wildman–Crippen LogP) is 4.48. The minimum atomic E-state index is -0.472. The minimum Gasteiger partial charge on any atom is -0.490 e. The molecule has 0 saturated heterocycles. The van der Waals surface area contributed by atoms with Crippen molar-refractivity contribution in [2.45, 2.75) is 41.0 Å². The number of hydrogen-bond donors (Lipinski definition) is 0. The molecule has 0 amide bonds. The summed E-state index contributed by atoms with van der Waals surface area (Å²) in [4.78, 5) is 12.0. The summed E-state index contributed by atoms with van der Waals surface area (Å²) in [6.07, 6.45) is 0.802. The molecule has 0 fully saturated rings. The second-order valence-electron chi connectivity index (χ2n) is 6.29. The molecule has 3 heteroatoms. The summed E-state index contributed by atoms with van der Waals surface area (Å²) in [5.41, 5.74) is 0.455. The molecule has 0 heterocycles. The molecule has 1 aromatic carbocycles. The van der Waals surface area contributed by atoms with Crippen LogP contribution < -0.4 is 4.74 Å². The molecule has 0 unspecified atom stereocenters. The van der Waals surface area contributed by atoms with Gasteiger partial charge in [0.25, 0.3) is 0 Å². The lowest BCUT2D eigenvalue weighted by Gasteiger charge is -2.19.